The highest BCUT2D eigenvalue weighted by Crippen LogP contribution is 2.17. The van der Waals surface area contributed by atoms with Gasteiger partial charge in [-0.15, -0.1) is 10.2 Å². The first-order valence-electron chi connectivity index (χ1n) is 9.57. The summed E-state index contributed by atoms with van der Waals surface area (Å²) in [6, 6.07) is 10.7. The smallest absolute Gasteiger partial charge is 0.194 e. The van der Waals surface area contributed by atoms with Crippen LogP contribution in [0.4, 0.5) is 0 Å². The number of para-hydroxylation sites is 1. The molecule has 144 valence electrons. The fraction of sp³-hybridized carbons (Fsp3) is 0.526. The SMILES string of the molecule is CN=C(NCc1nncn1-c1ccccc1)N1CCC(N2CCOCC2)C1. The molecule has 2 aliphatic heterocycles. The predicted molar refractivity (Wildman–Crippen MR) is 104 cm³/mol. The summed E-state index contributed by atoms with van der Waals surface area (Å²) in [6.07, 6.45) is 2.92. The van der Waals surface area contributed by atoms with Gasteiger partial charge in [0.15, 0.2) is 11.8 Å². The highest BCUT2D eigenvalue weighted by Gasteiger charge is 2.30. The van der Waals surface area contributed by atoms with Crippen molar-refractivity contribution in [1.29, 1.82) is 0 Å². The predicted octanol–water partition coefficient (Wildman–Crippen LogP) is 0.749. The van der Waals surface area contributed by atoms with Gasteiger partial charge in [0.1, 0.15) is 6.33 Å². The Balaban J connectivity index is 1.36. The molecule has 0 saturated carbocycles. The number of nitrogens with one attached hydrogen (secondary N) is 1. The molecular formula is C19H27N7O. The van der Waals surface area contributed by atoms with Crippen molar-refractivity contribution >= 4 is 5.96 Å². The van der Waals surface area contributed by atoms with Gasteiger partial charge in [-0.3, -0.25) is 14.5 Å². The Labute approximate surface area is 159 Å². The van der Waals surface area contributed by atoms with Gasteiger partial charge in [0.05, 0.1) is 19.8 Å². The van der Waals surface area contributed by atoms with Crippen molar-refractivity contribution < 1.29 is 4.74 Å². The molecule has 1 aromatic carbocycles. The van der Waals surface area contributed by atoms with Crippen molar-refractivity contribution in [3.63, 3.8) is 0 Å². The first-order chi connectivity index (χ1) is 13.3. The summed E-state index contributed by atoms with van der Waals surface area (Å²) < 4.78 is 7.48. The first-order valence-corrected chi connectivity index (χ1v) is 9.57. The zero-order valence-corrected chi connectivity index (χ0v) is 15.8. The minimum Gasteiger partial charge on any atom is -0.379 e. The molecule has 3 heterocycles. The summed E-state index contributed by atoms with van der Waals surface area (Å²) in [6.45, 7) is 6.37. The molecule has 0 spiro atoms. The Morgan fingerprint density at radius 1 is 1.22 bits per heavy atom. The molecule has 8 heteroatoms. The first kappa shape index (κ1) is 17.9. The Morgan fingerprint density at radius 2 is 2.04 bits per heavy atom. The van der Waals surface area contributed by atoms with Crippen molar-refractivity contribution in [3.8, 4) is 5.69 Å². The third kappa shape index (κ3) is 4.12. The number of likely N-dealkylation sites (tertiary alicyclic amines) is 1. The molecule has 2 saturated heterocycles. The minimum atomic E-state index is 0.584. The number of aromatic nitrogens is 3. The number of hydrogen-bond donors (Lipinski definition) is 1. The lowest BCUT2D eigenvalue weighted by Crippen LogP contribution is -2.46. The number of benzene rings is 1. The number of aliphatic imine (C=N–C) groups is 1. The van der Waals surface area contributed by atoms with Gasteiger partial charge < -0.3 is 15.0 Å². The molecule has 2 aliphatic rings. The van der Waals surface area contributed by atoms with E-state index in [1.165, 1.54) is 6.42 Å². The summed E-state index contributed by atoms with van der Waals surface area (Å²) in [4.78, 5) is 9.36. The van der Waals surface area contributed by atoms with Crippen molar-refractivity contribution in [3.05, 3.63) is 42.5 Å². The van der Waals surface area contributed by atoms with Crippen LogP contribution in [-0.2, 0) is 11.3 Å². The van der Waals surface area contributed by atoms with Crippen molar-refractivity contribution in [1.82, 2.24) is 29.9 Å². The number of rotatable bonds is 4. The van der Waals surface area contributed by atoms with E-state index in [9.17, 15) is 0 Å². The Morgan fingerprint density at radius 3 is 2.81 bits per heavy atom. The monoisotopic (exact) mass is 369 g/mol. The van der Waals surface area contributed by atoms with Crippen LogP contribution in [-0.4, -0.2) is 83.0 Å². The van der Waals surface area contributed by atoms with E-state index in [-0.39, 0.29) is 0 Å². The van der Waals surface area contributed by atoms with Crippen LogP contribution in [0, 0.1) is 0 Å². The molecule has 1 N–H and O–H groups in total. The molecule has 1 atom stereocenters. The Kier molecular flexibility index (Phi) is 5.64. The quantitative estimate of drug-likeness (QED) is 0.634. The number of hydrogen-bond acceptors (Lipinski definition) is 5. The van der Waals surface area contributed by atoms with Gasteiger partial charge >= 0.3 is 0 Å². The lowest BCUT2D eigenvalue weighted by Gasteiger charge is -2.32. The van der Waals surface area contributed by atoms with E-state index < -0.39 is 0 Å². The van der Waals surface area contributed by atoms with E-state index in [0.29, 0.717) is 12.6 Å². The van der Waals surface area contributed by atoms with E-state index in [4.69, 9.17) is 4.74 Å². The van der Waals surface area contributed by atoms with E-state index in [0.717, 1.165) is 56.9 Å². The normalized spacial score (nSPS) is 21.6. The maximum Gasteiger partial charge on any atom is 0.194 e. The van der Waals surface area contributed by atoms with Gasteiger partial charge in [0, 0.05) is 45.0 Å². The van der Waals surface area contributed by atoms with Gasteiger partial charge in [0.2, 0.25) is 0 Å². The maximum absolute atomic E-state index is 5.48. The molecule has 0 amide bonds. The lowest BCUT2D eigenvalue weighted by atomic mass is 10.2. The number of morpholine rings is 1. The van der Waals surface area contributed by atoms with Crippen LogP contribution in [0.2, 0.25) is 0 Å². The van der Waals surface area contributed by atoms with E-state index >= 15 is 0 Å². The highest BCUT2D eigenvalue weighted by molar-refractivity contribution is 5.80. The largest absolute Gasteiger partial charge is 0.379 e. The highest BCUT2D eigenvalue weighted by atomic mass is 16.5. The van der Waals surface area contributed by atoms with Crippen LogP contribution >= 0.6 is 0 Å². The van der Waals surface area contributed by atoms with Crippen LogP contribution in [0.1, 0.15) is 12.2 Å². The summed E-state index contributed by atoms with van der Waals surface area (Å²) in [5.74, 6) is 1.79. The Bertz CT molecular complexity index is 754. The number of nitrogens with zero attached hydrogens (tertiary/aromatic N) is 6. The van der Waals surface area contributed by atoms with E-state index in [1.54, 1.807) is 6.33 Å². The fourth-order valence-corrected chi connectivity index (χ4v) is 3.85. The second-order valence-electron chi connectivity index (χ2n) is 6.89. The van der Waals surface area contributed by atoms with Gasteiger partial charge in [-0.1, -0.05) is 18.2 Å². The fourth-order valence-electron chi connectivity index (χ4n) is 3.85. The van der Waals surface area contributed by atoms with Crippen molar-refractivity contribution in [2.45, 2.75) is 19.0 Å². The van der Waals surface area contributed by atoms with Crippen LogP contribution in [0.15, 0.2) is 41.7 Å². The summed E-state index contributed by atoms with van der Waals surface area (Å²) in [5.41, 5.74) is 1.06. The van der Waals surface area contributed by atoms with Crippen LogP contribution in [0.25, 0.3) is 5.69 Å². The molecule has 2 aromatic rings. The number of guanidine groups is 1. The summed E-state index contributed by atoms with van der Waals surface area (Å²) in [7, 11) is 1.84. The zero-order valence-electron chi connectivity index (χ0n) is 15.8. The number of ether oxygens (including phenoxy) is 1. The van der Waals surface area contributed by atoms with Gasteiger partial charge in [-0.25, -0.2) is 0 Å². The molecule has 0 aliphatic carbocycles. The van der Waals surface area contributed by atoms with Gasteiger partial charge in [-0.05, 0) is 18.6 Å². The standard InChI is InChI=1S/C19H27N7O/c1-20-19(25-8-7-17(14-25)24-9-11-27-12-10-24)21-13-18-23-22-15-26(18)16-5-3-2-4-6-16/h2-6,15,17H,7-14H2,1H3,(H,20,21). The van der Waals surface area contributed by atoms with Crippen LogP contribution < -0.4 is 5.32 Å². The van der Waals surface area contributed by atoms with Gasteiger partial charge in [-0.2, -0.15) is 0 Å². The maximum atomic E-state index is 5.48. The molecule has 1 unspecified atom stereocenters. The van der Waals surface area contributed by atoms with Crippen LogP contribution in [0.5, 0.6) is 0 Å². The molecule has 1 aromatic heterocycles. The second-order valence-corrected chi connectivity index (χ2v) is 6.89. The average Bonchev–Trinajstić information content (AvgIpc) is 3.40. The third-order valence-electron chi connectivity index (χ3n) is 5.29. The Hall–Kier alpha value is -2.45. The average molecular weight is 369 g/mol. The molecular weight excluding hydrogens is 342 g/mol. The summed E-state index contributed by atoms with van der Waals surface area (Å²) in [5, 5.41) is 11.8. The second kappa shape index (κ2) is 8.49. The van der Waals surface area contributed by atoms with Crippen molar-refractivity contribution in [2.75, 3.05) is 46.4 Å². The van der Waals surface area contributed by atoms with E-state index in [2.05, 4.69) is 42.4 Å². The van der Waals surface area contributed by atoms with E-state index in [1.807, 2.05) is 29.8 Å². The zero-order chi connectivity index (χ0) is 18.5. The molecule has 4 rings (SSSR count). The minimum absolute atomic E-state index is 0.584. The topological polar surface area (TPSA) is 70.8 Å². The molecule has 27 heavy (non-hydrogen) atoms. The molecule has 8 nitrogen and oxygen atoms in total. The third-order valence-corrected chi connectivity index (χ3v) is 5.29. The van der Waals surface area contributed by atoms with Gasteiger partial charge in [0.25, 0.3) is 0 Å². The van der Waals surface area contributed by atoms with Crippen molar-refractivity contribution in [2.24, 2.45) is 4.99 Å². The van der Waals surface area contributed by atoms with Crippen LogP contribution in [0.3, 0.4) is 0 Å². The molecule has 0 bridgehead atoms. The summed E-state index contributed by atoms with van der Waals surface area (Å²) >= 11 is 0. The molecule has 0 radical (unpaired) electrons. The molecule has 2 fully saturated rings. The lowest BCUT2D eigenvalue weighted by molar-refractivity contribution is 0.0195.